The van der Waals surface area contributed by atoms with Gasteiger partial charge >= 0.3 is 0 Å². The molecule has 0 aliphatic carbocycles. The van der Waals surface area contributed by atoms with Crippen molar-refractivity contribution in [3.8, 4) is 11.8 Å². The van der Waals surface area contributed by atoms with Gasteiger partial charge in [0.1, 0.15) is 17.4 Å². The third kappa shape index (κ3) is 4.49. The molecule has 0 aliphatic rings. The molecule has 2 rings (SSSR count). The molecule has 0 heterocycles. The van der Waals surface area contributed by atoms with E-state index in [0.717, 1.165) is 0 Å². The van der Waals surface area contributed by atoms with Crippen molar-refractivity contribution in [2.24, 2.45) is 0 Å². The zero-order valence-electron chi connectivity index (χ0n) is 12.1. The lowest BCUT2D eigenvalue weighted by Gasteiger charge is -2.07. The van der Waals surface area contributed by atoms with E-state index in [1.807, 2.05) is 6.07 Å². The Kier molecular flexibility index (Phi) is 5.64. The molecule has 0 saturated heterocycles. The molecule has 0 aromatic heterocycles. The van der Waals surface area contributed by atoms with Gasteiger partial charge in [0.25, 0.3) is 5.91 Å². The number of hydrogen-bond donors (Lipinski definition) is 1. The summed E-state index contributed by atoms with van der Waals surface area (Å²) in [5.74, 6) is 0.0637. The van der Waals surface area contributed by atoms with Crippen LogP contribution in [0.1, 0.15) is 5.56 Å². The number of benzene rings is 2. The number of ether oxygens (including phenoxy) is 1. The SMILES string of the molecule is COc1cccc(/C=C(/C#N)C(=O)Nc2cc(Cl)ccc2Cl)c1. The Hall–Kier alpha value is -2.48. The number of rotatable bonds is 4. The second-order valence-corrected chi connectivity index (χ2v) is 5.37. The van der Waals surface area contributed by atoms with E-state index in [-0.39, 0.29) is 5.57 Å². The maximum atomic E-state index is 12.2. The minimum atomic E-state index is -0.570. The number of carbonyl (C=O) groups excluding carboxylic acids is 1. The van der Waals surface area contributed by atoms with Gasteiger partial charge in [0, 0.05) is 5.02 Å². The second-order valence-electron chi connectivity index (χ2n) is 4.52. The molecule has 0 unspecified atom stereocenters. The molecule has 1 amide bonds. The summed E-state index contributed by atoms with van der Waals surface area (Å²) in [6, 6.07) is 13.6. The van der Waals surface area contributed by atoms with Gasteiger partial charge in [-0.05, 0) is 42.0 Å². The van der Waals surface area contributed by atoms with Crippen molar-refractivity contribution in [3.05, 3.63) is 63.6 Å². The lowest BCUT2D eigenvalue weighted by atomic mass is 10.1. The van der Waals surface area contributed by atoms with Crippen molar-refractivity contribution in [1.29, 1.82) is 5.26 Å². The van der Waals surface area contributed by atoms with E-state index in [1.165, 1.54) is 12.1 Å². The number of hydrogen-bond acceptors (Lipinski definition) is 3. The summed E-state index contributed by atoms with van der Waals surface area (Å²) in [7, 11) is 1.54. The number of carbonyl (C=O) groups is 1. The summed E-state index contributed by atoms with van der Waals surface area (Å²) in [5.41, 5.74) is 0.957. The number of nitriles is 1. The summed E-state index contributed by atoms with van der Waals surface area (Å²) in [5, 5.41) is 12.6. The van der Waals surface area contributed by atoms with Gasteiger partial charge in [0.2, 0.25) is 0 Å². The summed E-state index contributed by atoms with van der Waals surface area (Å²) in [4.78, 5) is 12.2. The van der Waals surface area contributed by atoms with Gasteiger partial charge in [-0.25, -0.2) is 0 Å². The highest BCUT2D eigenvalue weighted by atomic mass is 35.5. The van der Waals surface area contributed by atoms with Crippen molar-refractivity contribution in [2.75, 3.05) is 12.4 Å². The van der Waals surface area contributed by atoms with Crippen molar-refractivity contribution < 1.29 is 9.53 Å². The summed E-state index contributed by atoms with van der Waals surface area (Å²) in [6.45, 7) is 0. The number of nitrogens with one attached hydrogen (secondary N) is 1. The summed E-state index contributed by atoms with van der Waals surface area (Å²) < 4.78 is 5.11. The third-order valence-electron chi connectivity index (χ3n) is 2.95. The standard InChI is InChI=1S/C17H12Cl2N2O2/c1-23-14-4-2-3-11(8-14)7-12(10-20)17(22)21-16-9-13(18)5-6-15(16)19/h2-9H,1H3,(H,21,22)/b12-7-. The Morgan fingerprint density at radius 3 is 2.74 bits per heavy atom. The average Bonchev–Trinajstić information content (AvgIpc) is 2.56. The largest absolute Gasteiger partial charge is 0.497 e. The van der Waals surface area contributed by atoms with Crippen LogP contribution in [0, 0.1) is 11.3 Å². The molecule has 0 bridgehead atoms. The third-order valence-corrected chi connectivity index (χ3v) is 3.51. The zero-order valence-corrected chi connectivity index (χ0v) is 13.7. The highest BCUT2D eigenvalue weighted by Crippen LogP contribution is 2.26. The van der Waals surface area contributed by atoms with Gasteiger partial charge in [0.05, 0.1) is 17.8 Å². The predicted octanol–water partition coefficient (Wildman–Crippen LogP) is 4.55. The van der Waals surface area contributed by atoms with E-state index < -0.39 is 5.91 Å². The Labute approximate surface area is 143 Å². The van der Waals surface area contributed by atoms with Crippen LogP contribution in [0.5, 0.6) is 5.75 Å². The monoisotopic (exact) mass is 346 g/mol. The number of nitrogens with zero attached hydrogens (tertiary/aromatic N) is 1. The highest BCUT2D eigenvalue weighted by Gasteiger charge is 2.12. The van der Waals surface area contributed by atoms with E-state index in [1.54, 1.807) is 43.5 Å². The van der Waals surface area contributed by atoms with Gasteiger partial charge < -0.3 is 10.1 Å². The van der Waals surface area contributed by atoms with Crippen LogP contribution in [0.2, 0.25) is 10.0 Å². The first-order valence-corrected chi connectivity index (χ1v) is 7.31. The van der Waals surface area contributed by atoms with Gasteiger partial charge in [-0.3, -0.25) is 4.79 Å². The van der Waals surface area contributed by atoms with E-state index >= 15 is 0 Å². The fraction of sp³-hybridized carbons (Fsp3) is 0.0588. The Balaban J connectivity index is 2.26. The molecule has 0 atom stereocenters. The normalized spacial score (nSPS) is 10.8. The molecule has 2 aromatic rings. The fourth-order valence-electron chi connectivity index (χ4n) is 1.83. The quantitative estimate of drug-likeness (QED) is 0.652. The first-order chi connectivity index (χ1) is 11.0. The van der Waals surface area contributed by atoms with Crippen molar-refractivity contribution in [3.63, 3.8) is 0 Å². The molecule has 2 aromatic carbocycles. The number of amides is 1. The molecule has 0 saturated carbocycles. The summed E-state index contributed by atoms with van der Waals surface area (Å²) in [6.07, 6.45) is 1.47. The molecule has 0 spiro atoms. The smallest absolute Gasteiger partial charge is 0.266 e. The topological polar surface area (TPSA) is 62.1 Å². The minimum absolute atomic E-state index is 0.0608. The fourth-order valence-corrected chi connectivity index (χ4v) is 2.17. The van der Waals surface area contributed by atoms with Crippen LogP contribution >= 0.6 is 23.2 Å². The summed E-state index contributed by atoms with van der Waals surface area (Å²) >= 11 is 11.9. The van der Waals surface area contributed by atoms with E-state index in [4.69, 9.17) is 27.9 Å². The maximum absolute atomic E-state index is 12.2. The van der Waals surface area contributed by atoms with Crippen molar-refractivity contribution in [1.82, 2.24) is 0 Å². The maximum Gasteiger partial charge on any atom is 0.266 e. The van der Waals surface area contributed by atoms with Crippen LogP contribution in [-0.4, -0.2) is 13.0 Å². The lowest BCUT2D eigenvalue weighted by molar-refractivity contribution is -0.112. The van der Waals surface area contributed by atoms with E-state index in [2.05, 4.69) is 5.32 Å². The number of anilines is 1. The zero-order chi connectivity index (χ0) is 16.8. The molecule has 0 radical (unpaired) electrons. The van der Waals surface area contributed by atoms with Crippen molar-refractivity contribution >= 4 is 40.9 Å². The van der Waals surface area contributed by atoms with Crippen LogP contribution < -0.4 is 10.1 Å². The Morgan fingerprint density at radius 1 is 1.26 bits per heavy atom. The molecule has 1 N–H and O–H groups in total. The minimum Gasteiger partial charge on any atom is -0.497 e. The molecule has 6 heteroatoms. The Morgan fingerprint density at radius 2 is 2.04 bits per heavy atom. The second kappa shape index (κ2) is 7.68. The molecule has 116 valence electrons. The molecule has 0 fully saturated rings. The van der Waals surface area contributed by atoms with Gasteiger partial charge in [-0.1, -0.05) is 35.3 Å². The van der Waals surface area contributed by atoms with Gasteiger partial charge in [-0.2, -0.15) is 5.26 Å². The first kappa shape index (κ1) is 16.9. The Bertz CT molecular complexity index is 810. The lowest BCUT2D eigenvalue weighted by Crippen LogP contribution is -2.13. The van der Waals surface area contributed by atoms with Crippen LogP contribution in [-0.2, 0) is 4.79 Å². The first-order valence-electron chi connectivity index (χ1n) is 6.55. The van der Waals surface area contributed by atoms with Crippen molar-refractivity contribution in [2.45, 2.75) is 0 Å². The number of halogens is 2. The molecular formula is C17H12Cl2N2O2. The van der Waals surface area contributed by atoms with Crippen LogP contribution in [0.4, 0.5) is 5.69 Å². The van der Waals surface area contributed by atoms with Gasteiger partial charge in [-0.15, -0.1) is 0 Å². The predicted molar refractivity (Wildman–Crippen MR) is 91.7 cm³/mol. The van der Waals surface area contributed by atoms with Gasteiger partial charge in [0.15, 0.2) is 0 Å². The highest BCUT2D eigenvalue weighted by molar-refractivity contribution is 6.36. The molecule has 23 heavy (non-hydrogen) atoms. The average molecular weight is 347 g/mol. The van der Waals surface area contributed by atoms with E-state index in [9.17, 15) is 10.1 Å². The molecular weight excluding hydrogens is 335 g/mol. The molecule has 0 aliphatic heterocycles. The van der Waals surface area contributed by atoms with E-state index in [0.29, 0.717) is 27.0 Å². The van der Waals surface area contributed by atoms with Crippen LogP contribution in [0.3, 0.4) is 0 Å². The van der Waals surface area contributed by atoms with Crippen LogP contribution in [0.15, 0.2) is 48.0 Å². The molecule has 4 nitrogen and oxygen atoms in total. The van der Waals surface area contributed by atoms with Crippen LogP contribution in [0.25, 0.3) is 6.08 Å². The number of methoxy groups -OCH3 is 1.